The van der Waals surface area contributed by atoms with Crippen LogP contribution >= 0.6 is 11.6 Å². The third kappa shape index (κ3) is 4.68. The molecule has 4 aromatic rings. The Bertz CT molecular complexity index is 1370. The lowest BCUT2D eigenvalue weighted by atomic mass is 10.1. The smallest absolute Gasteiger partial charge is 0.230 e. The lowest BCUT2D eigenvalue weighted by Crippen LogP contribution is -2.31. The zero-order chi connectivity index (χ0) is 23.4. The van der Waals surface area contributed by atoms with E-state index in [9.17, 15) is 10.5 Å². The standard InChI is InChI=1S/C24H20ClN5O3/c1-2-32-23-11-21-18(10-20(23)27)24(15(12-26)13-28-21)29-16-6-7-22(19(25)9-16)33-14-17-5-3-4-8-30(17)31/h3-11,13H,2,14,27H2,1H3,(H,28,29). The Morgan fingerprint density at radius 3 is 2.76 bits per heavy atom. The molecule has 0 spiro atoms. The van der Waals surface area contributed by atoms with E-state index in [0.29, 0.717) is 62.4 Å². The van der Waals surface area contributed by atoms with Crippen LogP contribution in [0.2, 0.25) is 5.02 Å². The Balaban J connectivity index is 1.62. The number of nitrogens with zero attached hydrogens (tertiary/aromatic N) is 3. The van der Waals surface area contributed by atoms with E-state index in [4.69, 9.17) is 26.8 Å². The molecule has 0 bridgehead atoms. The number of hydrogen-bond acceptors (Lipinski definition) is 7. The van der Waals surface area contributed by atoms with Crippen molar-refractivity contribution in [1.82, 2.24) is 4.98 Å². The van der Waals surface area contributed by atoms with Crippen molar-refractivity contribution in [3.63, 3.8) is 0 Å². The summed E-state index contributed by atoms with van der Waals surface area (Å²) in [4.78, 5) is 4.36. The summed E-state index contributed by atoms with van der Waals surface area (Å²) in [6.45, 7) is 2.42. The van der Waals surface area contributed by atoms with Crippen LogP contribution in [0, 0.1) is 16.5 Å². The van der Waals surface area contributed by atoms with Gasteiger partial charge in [0.25, 0.3) is 0 Å². The average Bonchev–Trinajstić information content (AvgIpc) is 2.81. The second kappa shape index (κ2) is 9.51. The van der Waals surface area contributed by atoms with Gasteiger partial charge < -0.3 is 25.7 Å². The van der Waals surface area contributed by atoms with Gasteiger partial charge >= 0.3 is 0 Å². The van der Waals surface area contributed by atoms with Crippen molar-refractivity contribution in [2.75, 3.05) is 17.7 Å². The first kappa shape index (κ1) is 22.0. The minimum Gasteiger partial charge on any atom is -0.618 e. The zero-order valence-electron chi connectivity index (χ0n) is 17.7. The molecule has 2 heterocycles. The van der Waals surface area contributed by atoms with E-state index < -0.39 is 0 Å². The van der Waals surface area contributed by atoms with Gasteiger partial charge in [-0.1, -0.05) is 11.6 Å². The van der Waals surface area contributed by atoms with Gasteiger partial charge in [-0.25, -0.2) is 0 Å². The summed E-state index contributed by atoms with van der Waals surface area (Å²) in [7, 11) is 0. The molecule has 0 atom stereocenters. The Morgan fingerprint density at radius 1 is 1.18 bits per heavy atom. The minimum atomic E-state index is 0.0752. The summed E-state index contributed by atoms with van der Waals surface area (Å²) in [5, 5.41) is 25.7. The van der Waals surface area contributed by atoms with Gasteiger partial charge in [0.15, 0.2) is 12.8 Å². The molecule has 0 fully saturated rings. The highest BCUT2D eigenvalue weighted by Crippen LogP contribution is 2.36. The number of fused-ring (bicyclic) bond motifs is 1. The quantitative estimate of drug-likeness (QED) is 0.232. The normalized spacial score (nSPS) is 10.6. The molecule has 2 aromatic carbocycles. The summed E-state index contributed by atoms with van der Waals surface area (Å²) in [5.74, 6) is 0.965. The highest BCUT2D eigenvalue weighted by Gasteiger charge is 2.14. The van der Waals surface area contributed by atoms with E-state index >= 15 is 0 Å². The topological polar surface area (TPSA) is 120 Å². The predicted octanol–water partition coefficient (Wildman–Crippen LogP) is 4.70. The van der Waals surface area contributed by atoms with Crippen molar-refractivity contribution >= 4 is 39.6 Å². The number of anilines is 3. The number of nitrogen functional groups attached to an aromatic ring is 1. The fourth-order valence-electron chi connectivity index (χ4n) is 3.30. The first-order chi connectivity index (χ1) is 16.0. The maximum absolute atomic E-state index is 11.8. The van der Waals surface area contributed by atoms with Gasteiger partial charge in [0.1, 0.15) is 17.6 Å². The summed E-state index contributed by atoms with van der Waals surface area (Å²) in [6, 6.07) is 15.9. The number of halogens is 1. The predicted molar refractivity (Wildman–Crippen MR) is 127 cm³/mol. The molecule has 8 nitrogen and oxygen atoms in total. The van der Waals surface area contributed by atoms with Crippen LogP contribution in [-0.2, 0) is 6.61 Å². The van der Waals surface area contributed by atoms with Crippen molar-refractivity contribution in [3.8, 4) is 17.6 Å². The molecular formula is C24H20ClN5O3. The fourth-order valence-corrected chi connectivity index (χ4v) is 3.54. The Kier molecular flexibility index (Phi) is 6.33. The number of benzene rings is 2. The molecule has 0 saturated heterocycles. The third-order valence-electron chi connectivity index (χ3n) is 4.90. The number of nitriles is 1. The lowest BCUT2D eigenvalue weighted by molar-refractivity contribution is -0.616. The van der Waals surface area contributed by atoms with Gasteiger partial charge in [-0.05, 0) is 37.3 Å². The second-order valence-electron chi connectivity index (χ2n) is 7.08. The number of aromatic nitrogens is 2. The third-order valence-corrected chi connectivity index (χ3v) is 5.20. The number of pyridine rings is 2. The van der Waals surface area contributed by atoms with E-state index in [-0.39, 0.29) is 6.61 Å². The minimum absolute atomic E-state index is 0.0752. The van der Waals surface area contributed by atoms with Gasteiger partial charge in [0.05, 0.1) is 34.1 Å². The fraction of sp³-hybridized carbons (Fsp3) is 0.125. The first-order valence-corrected chi connectivity index (χ1v) is 10.5. The molecule has 0 aliphatic carbocycles. The SMILES string of the molecule is CCOc1cc2ncc(C#N)c(Nc3ccc(OCc4cccc[n+]4[O-])c(Cl)c3)c2cc1N. The molecule has 2 aromatic heterocycles. The highest BCUT2D eigenvalue weighted by atomic mass is 35.5. The molecule has 9 heteroatoms. The van der Waals surface area contributed by atoms with Gasteiger partial charge in [-0.2, -0.15) is 9.99 Å². The molecule has 166 valence electrons. The summed E-state index contributed by atoms with van der Waals surface area (Å²) >= 11 is 6.41. The number of ether oxygens (including phenoxy) is 2. The molecule has 4 rings (SSSR count). The van der Waals surface area contributed by atoms with Crippen molar-refractivity contribution in [1.29, 1.82) is 5.26 Å². The molecule has 0 aliphatic heterocycles. The van der Waals surface area contributed by atoms with Gasteiger partial charge in [0, 0.05) is 35.5 Å². The Morgan fingerprint density at radius 2 is 2.03 bits per heavy atom. The van der Waals surface area contributed by atoms with Crippen LogP contribution in [0.4, 0.5) is 17.1 Å². The zero-order valence-corrected chi connectivity index (χ0v) is 18.5. The molecular weight excluding hydrogens is 442 g/mol. The second-order valence-corrected chi connectivity index (χ2v) is 7.48. The van der Waals surface area contributed by atoms with Crippen molar-refractivity contribution in [2.24, 2.45) is 0 Å². The molecule has 33 heavy (non-hydrogen) atoms. The maximum Gasteiger partial charge on any atom is 0.230 e. The monoisotopic (exact) mass is 461 g/mol. The molecule has 3 N–H and O–H groups in total. The van der Waals surface area contributed by atoms with Crippen LogP contribution in [0.25, 0.3) is 10.9 Å². The Labute approximate surface area is 195 Å². The largest absolute Gasteiger partial charge is 0.618 e. The van der Waals surface area contributed by atoms with Crippen LogP contribution in [0.3, 0.4) is 0 Å². The molecule has 0 amide bonds. The number of rotatable bonds is 7. The van der Waals surface area contributed by atoms with E-state index in [2.05, 4.69) is 16.4 Å². The number of nitrogens with two attached hydrogens (primary N) is 1. The van der Waals surface area contributed by atoms with Crippen LogP contribution in [-0.4, -0.2) is 11.6 Å². The number of nitrogens with one attached hydrogen (secondary N) is 1. The van der Waals surface area contributed by atoms with E-state index in [0.717, 1.165) is 4.73 Å². The van der Waals surface area contributed by atoms with E-state index in [1.807, 2.05) is 6.92 Å². The van der Waals surface area contributed by atoms with Crippen molar-refractivity contribution in [2.45, 2.75) is 13.5 Å². The average molecular weight is 462 g/mol. The van der Waals surface area contributed by atoms with E-state index in [1.54, 1.807) is 48.5 Å². The van der Waals surface area contributed by atoms with Crippen LogP contribution in [0.15, 0.2) is 60.9 Å². The molecule has 0 saturated carbocycles. The maximum atomic E-state index is 11.8. The molecule has 0 unspecified atom stereocenters. The number of hydrogen-bond donors (Lipinski definition) is 2. The summed E-state index contributed by atoms with van der Waals surface area (Å²) in [6.07, 6.45) is 2.90. The summed E-state index contributed by atoms with van der Waals surface area (Å²) in [5.41, 5.74) is 9.23. The van der Waals surface area contributed by atoms with Crippen LogP contribution in [0.1, 0.15) is 18.2 Å². The first-order valence-electron chi connectivity index (χ1n) is 10.1. The highest BCUT2D eigenvalue weighted by molar-refractivity contribution is 6.32. The van der Waals surface area contributed by atoms with Crippen LogP contribution in [0.5, 0.6) is 11.5 Å². The molecule has 0 radical (unpaired) electrons. The van der Waals surface area contributed by atoms with Crippen molar-refractivity contribution < 1.29 is 14.2 Å². The summed E-state index contributed by atoms with van der Waals surface area (Å²) < 4.78 is 12.0. The van der Waals surface area contributed by atoms with Crippen LogP contribution < -0.4 is 25.3 Å². The Hall–Kier alpha value is -4.22. The van der Waals surface area contributed by atoms with Gasteiger partial charge in [0.2, 0.25) is 5.69 Å². The van der Waals surface area contributed by atoms with Gasteiger partial charge in [-0.3, -0.25) is 4.98 Å². The molecule has 0 aliphatic rings. The van der Waals surface area contributed by atoms with Crippen molar-refractivity contribution in [3.05, 3.63) is 82.4 Å². The van der Waals surface area contributed by atoms with Gasteiger partial charge in [-0.15, -0.1) is 0 Å². The lowest BCUT2D eigenvalue weighted by Gasteiger charge is -2.15. The van der Waals surface area contributed by atoms with E-state index in [1.165, 1.54) is 12.4 Å².